The summed E-state index contributed by atoms with van der Waals surface area (Å²) >= 11 is 0. The highest BCUT2D eigenvalue weighted by molar-refractivity contribution is 6.06. The Morgan fingerprint density at radius 1 is 1.03 bits per heavy atom. The number of carbonyl (C=O) groups is 1. The number of H-pyrrole nitrogens is 1. The number of para-hydroxylation sites is 3. The van der Waals surface area contributed by atoms with Crippen LogP contribution in [0, 0.1) is 0 Å². The number of fused-ring (bicyclic) bond motifs is 1. The van der Waals surface area contributed by atoms with E-state index in [-0.39, 0.29) is 18.0 Å². The number of hydrogen-bond donors (Lipinski definition) is 1. The molecule has 2 aromatic heterocycles. The van der Waals surface area contributed by atoms with Gasteiger partial charge in [0, 0.05) is 29.0 Å². The number of methoxy groups -OCH3 is 1. The molecule has 6 heteroatoms. The summed E-state index contributed by atoms with van der Waals surface area (Å²) in [4.78, 5) is 34.4. The van der Waals surface area contributed by atoms with Crippen LogP contribution in [-0.4, -0.2) is 23.0 Å². The van der Waals surface area contributed by atoms with Crippen molar-refractivity contribution in [3.05, 3.63) is 101 Å². The number of nitrogens with zero attached hydrogens (tertiary/aromatic N) is 2. The second-order valence-electron chi connectivity index (χ2n) is 6.51. The van der Waals surface area contributed by atoms with E-state index in [2.05, 4.69) is 9.97 Å². The fourth-order valence-corrected chi connectivity index (χ4v) is 3.25. The van der Waals surface area contributed by atoms with Crippen molar-refractivity contribution >= 4 is 22.5 Å². The van der Waals surface area contributed by atoms with Crippen molar-refractivity contribution in [1.82, 2.24) is 9.97 Å². The molecule has 29 heavy (non-hydrogen) atoms. The van der Waals surface area contributed by atoms with Crippen molar-refractivity contribution < 1.29 is 9.53 Å². The van der Waals surface area contributed by atoms with Crippen molar-refractivity contribution in [2.45, 2.75) is 6.54 Å². The molecule has 0 aliphatic heterocycles. The molecule has 1 amide bonds. The zero-order valence-electron chi connectivity index (χ0n) is 15.8. The Morgan fingerprint density at radius 2 is 1.76 bits per heavy atom. The lowest BCUT2D eigenvalue weighted by atomic mass is 10.1. The monoisotopic (exact) mass is 385 g/mol. The van der Waals surface area contributed by atoms with Gasteiger partial charge in [-0.25, -0.2) is 0 Å². The van der Waals surface area contributed by atoms with Crippen LogP contribution in [0.5, 0.6) is 5.75 Å². The van der Waals surface area contributed by atoms with E-state index in [0.29, 0.717) is 22.6 Å². The Kier molecular flexibility index (Phi) is 5.07. The van der Waals surface area contributed by atoms with Gasteiger partial charge in [0.2, 0.25) is 0 Å². The fraction of sp³-hybridized carbons (Fsp3) is 0.0870. The molecule has 0 saturated heterocycles. The molecular formula is C23H19N3O3. The minimum Gasteiger partial charge on any atom is -0.495 e. The van der Waals surface area contributed by atoms with E-state index in [1.807, 2.05) is 42.5 Å². The molecule has 0 saturated carbocycles. The molecule has 6 nitrogen and oxygen atoms in total. The van der Waals surface area contributed by atoms with E-state index < -0.39 is 0 Å². The predicted molar refractivity (Wildman–Crippen MR) is 112 cm³/mol. The minimum atomic E-state index is -0.246. The smallest absolute Gasteiger partial charge is 0.258 e. The van der Waals surface area contributed by atoms with Gasteiger partial charge >= 0.3 is 0 Å². The molecule has 0 radical (unpaired) electrons. The van der Waals surface area contributed by atoms with Crippen LogP contribution in [0.2, 0.25) is 0 Å². The third-order valence-electron chi connectivity index (χ3n) is 4.71. The van der Waals surface area contributed by atoms with E-state index in [0.717, 1.165) is 10.9 Å². The molecule has 1 N–H and O–H groups in total. The van der Waals surface area contributed by atoms with Crippen LogP contribution in [-0.2, 0) is 6.54 Å². The van der Waals surface area contributed by atoms with Crippen LogP contribution in [0.4, 0.5) is 5.69 Å². The normalized spacial score (nSPS) is 10.7. The maximum Gasteiger partial charge on any atom is 0.258 e. The number of nitrogens with one attached hydrogen (secondary N) is 1. The van der Waals surface area contributed by atoms with Gasteiger partial charge in [0.15, 0.2) is 0 Å². The molecule has 0 aliphatic carbocycles. The Labute approximate surface area is 167 Å². The Bertz CT molecular complexity index is 1220. The van der Waals surface area contributed by atoms with E-state index in [1.54, 1.807) is 48.7 Å². The number of anilines is 1. The van der Waals surface area contributed by atoms with Gasteiger partial charge in [0.1, 0.15) is 5.75 Å². The average molecular weight is 385 g/mol. The lowest BCUT2D eigenvalue weighted by Gasteiger charge is -2.24. The van der Waals surface area contributed by atoms with E-state index >= 15 is 0 Å². The molecule has 0 aliphatic rings. The predicted octanol–water partition coefficient (Wildman–Crippen LogP) is 3.78. The van der Waals surface area contributed by atoms with Gasteiger partial charge in [-0.15, -0.1) is 0 Å². The first kappa shape index (κ1) is 18.4. The van der Waals surface area contributed by atoms with Crippen LogP contribution in [0.25, 0.3) is 10.9 Å². The zero-order valence-corrected chi connectivity index (χ0v) is 15.8. The highest BCUT2D eigenvalue weighted by atomic mass is 16.5. The van der Waals surface area contributed by atoms with Gasteiger partial charge in [-0.3, -0.25) is 14.6 Å². The summed E-state index contributed by atoms with van der Waals surface area (Å²) in [5, 5.41) is 0.901. The van der Waals surface area contributed by atoms with Gasteiger partial charge < -0.3 is 14.6 Å². The number of ether oxygens (including phenoxy) is 1. The maximum atomic E-state index is 13.3. The zero-order chi connectivity index (χ0) is 20.2. The summed E-state index contributed by atoms with van der Waals surface area (Å²) in [6.45, 7) is 0.0989. The number of carbonyl (C=O) groups excluding carboxylic acids is 1. The lowest BCUT2D eigenvalue weighted by Crippen LogP contribution is -2.33. The third-order valence-corrected chi connectivity index (χ3v) is 4.71. The van der Waals surface area contributed by atoms with Crippen molar-refractivity contribution in [3.8, 4) is 5.75 Å². The molecule has 4 aromatic rings. The standard InChI is InChI=1S/C23H19N3O3/c1-29-21-9-5-4-8-20(21)26(23(28)16-10-12-24-13-11-16)15-18-14-17-6-2-3-7-19(17)25-22(18)27/h2-14H,15H2,1H3,(H,25,27). The van der Waals surface area contributed by atoms with Crippen LogP contribution in [0.1, 0.15) is 15.9 Å². The number of amides is 1. The molecule has 144 valence electrons. The average Bonchev–Trinajstić information content (AvgIpc) is 2.77. The van der Waals surface area contributed by atoms with Crippen molar-refractivity contribution in [2.75, 3.05) is 12.0 Å². The largest absolute Gasteiger partial charge is 0.495 e. The summed E-state index contributed by atoms with van der Waals surface area (Å²) in [5.74, 6) is 0.302. The first-order valence-electron chi connectivity index (χ1n) is 9.13. The van der Waals surface area contributed by atoms with Crippen LogP contribution < -0.4 is 15.2 Å². The Balaban J connectivity index is 1.82. The van der Waals surface area contributed by atoms with E-state index in [4.69, 9.17) is 4.74 Å². The molecule has 2 aromatic carbocycles. The molecule has 0 fully saturated rings. The second kappa shape index (κ2) is 7.98. The van der Waals surface area contributed by atoms with Gasteiger partial charge in [0.05, 0.1) is 19.3 Å². The second-order valence-corrected chi connectivity index (χ2v) is 6.51. The summed E-state index contributed by atoms with van der Waals surface area (Å²) < 4.78 is 5.46. The van der Waals surface area contributed by atoms with E-state index in [9.17, 15) is 9.59 Å². The molecule has 0 bridgehead atoms. The summed E-state index contributed by atoms with van der Waals surface area (Å²) in [5.41, 5.74) is 2.07. The molecule has 0 unspecified atom stereocenters. The van der Waals surface area contributed by atoms with Crippen LogP contribution >= 0.6 is 0 Å². The van der Waals surface area contributed by atoms with Crippen LogP contribution in [0.3, 0.4) is 0 Å². The number of aromatic nitrogens is 2. The summed E-state index contributed by atoms with van der Waals surface area (Å²) in [6.07, 6.45) is 3.13. The van der Waals surface area contributed by atoms with Gasteiger partial charge in [-0.1, -0.05) is 30.3 Å². The SMILES string of the molecule is COc1ccccc1N(Cc1cc2ccccc2[nH]c1=O)C(=O)c1ccncc1. The van der Waals surface area contributed by atoms with Gasteiger partial charge in [0.25, 0.3) is 11.5 Å². The number of rotatable bonds is 5. The minimum absolute atomic E-state index is 0.0989. The summed E-state index contributed by atoms with van der Waals surface area (Å²) in [7, 11) is 1.55. The highest BCUT2D eigenvalue weighted by Gasteiger charge is 2.22. The quantitative estimate of drug-likeness (QED) is 0.567. The molecule has 0 spiro atoms. The topological polar surface area (TPSA) is 75.3 Å². The highest BCUT2D eigenvalue weighted by Crippen LogP contribution is 2.30. The third kappa shape index (κ3) is 3.73. The number of benzene rings is 2. The first-order chi connectivity index (χ1) is 14.2. The molecule has 2 heterocycles. The molecule has 4 rings (SSSR count). The number of aromatic amines is 1. The Hall–Kier alpha value is -3.93. The Morgan fingerprint density at radius 3 is 2.55 bits per heavy atom. The maximum absolute atomic E-state index is 13.3. The van der Waals surface area contributed by atoms with Crippen molar-refractivity contribution in [1.29, 1.82) is 0 Å². The van der Waals surface area contributed by atoms with Gasteiger partial charge in [-0.05, 0) is 41.8 Å². The number of hydrogen-bond acceptors (Lipinski definition) is 4. The van der Waals surface area contributed by atoms with E-state index in [1.165, 1.54) is 0 Å². The van der Waals surface area contributed by atoms with Crippen molar-refractivity contribution in [2.24, 2.45) is 0 Å². The molecular weight excluding hydrogens is 366 g/mol. The molecule has 0 atom stereocenters. The number of pyridine rings is 2. The fourth-order valence-electron chi connectivity index (χ4n) is 3.25. The van der Waals surface area contributed by atoms with Crippen LogP contribution in [0.15, 0.2) is 83.9 Å². The van der Waals surface area contributed by atoms with Gasteiger partial charge in [-0.2, -0.15) is 0 Å². The van der Waals surface area contributed by atoms with Crippen molar-refractivity contribution in [3.63, 3.8) is 0 Å². The lowest BCUT2D eigenvalue weighted by molar-refractivity contribution is 0.0984. The summed E-state index contributed by atoms with van der Waals surface area (Å²) in [6, 6.07) is 19.9. The first-order valence-corrected chi connectivity index (χ1v) is 9.13.